The molecule has 0 saturated carbocycles. The lowest BCUT2D eigenvalue weighted by Gasteiger charge is -2.12. The van der Waals surface area contributed by atoms with Crippen molar-refractivity contribution in [2.24, 2.45) is 7.05 Å². The first-order chi connectivity index (χ1) is 12.1. The fourth-order valence-corrected chi connectivity index (χ4v) is 3.17. The number of nitrogens with one attached hydrogen (secondary N) is 1. The van der Waals surface area contributed by atoms with Crippen molar-refractivity contribution in [2.75, 3.05) is 5.32 Å². The van der Waals surface area contributed by atoms with Crippen molar-refractivity contribution in [1.82, 2.24) is 14.8 Å². The van der Waals surface area contributed by atoms with Gasteiger partial charge in [-0.2, -0.15) is 5.10 Å². The molecule has 2 heterocycles. The van der Waals surface area contributed by atoms with Gasteiger partial charge in [0.2, 0.25) is 5.91 Å². The number of aryl methyl sites for hydroxylation is 2. The minimum Gasteiger partial charge on any atom is -0.484 e. The summed E-state index contributed by atoms with van der Waals surface area (Å²) in [4.78, 5) is 16.5. The van der Waals surface area contributed by atoms with Crippen molar-refractivity contribution in [3.63, 3.8) is 0 Å². The van der Waals surface area contributed by atoms with Crippen molar-refractivity contribution in [3.8, 4) is 5.75 Å². The Labute approximate surface area is 150 Å². The highest BCUT2D eigenvalue weighted by Crippen LogP contribution is 2.25. The Hall–Kier alpha value is -2.67. The van der Waals surface area contributed by atoms with Gasteiger partial charge in [-0.15, -0.1) is 11.3 Å². The smallest absolute Gasteiger partial charge is 0.226 e. The Balaban J connectivity index is 1.52. The molecule has 0 spiro atoms. The van der Waals surface area contributed by atoms with Crippen LogP contribution in [0.15, 0.2) is 48.0 Å². The third-order valence-corrected chi connectivity index (χ3v) is 4.55. The summed E-state index contributed by atoms with van der Waals surface area (Å²) in [5.41, 5.74) is 1.83. The van der Waals surface area contributed by atoms with E-state index in [2.05, 4.69) is 15.4 Å². The second kappa shape index (κ2) is 7.94. The summed E-state index contributed by atoms with van der Waals surface area (Å²) in [6, 6.07) is 11.5. The second-order valence-electron chi connectivity index (χ2n) is 5.64. The number of nitrogens with zero attached hydrogens (tertiary/aromatic N) is 3. The van der Waals surface area contributed by atoms with E-state index in [4.69, 9.17) is 4.74 Å². The van der Waals surface area contributed by atoms with E-state index in [1.54, 1.807) is 10.9 Å². The standard InChI is InChI=1S/C18H20N4O2S/c1-13(24-15-6-4-3-5-7-15)16-12-25-18(20-16)21-17(23)9-8-14-10-11-19-22(14)2/h3-7,10-13H,8-9H2,1-2H3,(H,20,21,23). The largest absolute Gasteiger partial charge is 0.484 e. The highest BCUT2D eigenvalue weighted by molar-refractivity contribution is 7.13. The molecule has 1 aromatic carbocycles. The van der Waals surface area contributed by atoms with Crippen molar-refractivity contribution >= 4 is 22.4 Å². The van der Waals surface area contributed by atoms with Crippen LogP contribution in [0.1, 0.15) is 30.8 Å². The SMILES string of the molecule is CC(Oc1ccccc1)c1csc(NC(=O)CCc2ccnn2C)n1. The molecule has 1 atom stereocenters. The van der Waals surface area contributed by atoms with Crippen molar-refractivity contribution in [2.45, 2.75) is 25.9 Å². The molecule has 0 aliphatic carbocycles. The Morgan fingerprint density at radius 2 is 2.12 bits per heavy atom. The number of hydrogen-bond acceptors (Lipinski definition) is 5. The number of carbonyl (C=O) groups excluding carboxylic acids is 1. The maximum absolute atomic E-state index is 12.1. The zero-order valence-electron chi connectivity index (χ0n) is 14.2. The summed E-state index contributed by atoms with van der Waals surface area (Å²) in [7, 11) is 1.87. The van der Waals surface area contributed by atoms with Crippen molar-refractivity contribution < 1.29 is 9.53 Å². The maximum Gasteiger partial charge on any atom is 0.226 e. The Morgan fingerprint density at radius 1 is 1.32 bits per heavy atom. The van der Waals surface area contributed by atoms with Gasteiger partial charge in [0.25, 0.3) is 0 Å². The van der Waals surface area contributed by atoms with E-state index in [9.17, 15) is 4.79 Å². The van der Waals surface area contributed by atoms with Gasteiger partial charge in [0.1, 0.15) is 11.9 Å². The van der Waals surface area contributed by atoms with E-state index in [-0.39, 0.29) is 12.0 Å². The van der Waals surface area contributed by atoms with E-state index in [1.807, 2.05) is 55.7 Å². The van der Waals surface area contributed by atoms with E-state index in [0.717, 1.165) is 17.1 Å². The average Bonchev–Trinajstić information content (AvgIpc) is 3.23. The quantitative estimate of drug-likeness (QED) is 0.702. The van der Waals surface area contributed by atoms with Crippen LogP contribution in [0.3, 0.4) is 0 Å². The van der Waals surface area contributed by atoms with Crippen molar-refractivity contribution in [1.29, 1.82) is 0 Å². The fraction of sp³-hybridized carbons (Fsp3) is 0.278. The van der Waals surface area contributed by atoms with Crippen LogP contribution in [0.25, 0.3) is 0 Å². The molecule has 130 valence electrons. The van der Waals surface area contributed by atoms with Crippen LogP contribution < -0.4 is 10.1 Å². The van der Waals surface area contributed by atoms with Gasteiger partial charge in [-0.1, -0.05) is 18.2 Å². The lowest BCUT2D eigenvalue weighted by molar-refractivity contribution is -0.116. The van der Waals surface area contributed by atoms with Crippen LogP contribution in [0, 0.1) is 0 Å². The van der Waals surface area contributed by atoms with Gasteiger partial charge in [0.15, 0.2) is 5.13 Å². The summed E-state index contributed by atoms with van der Waals surface area (Å²) in [5.74, 6) is 0.739. The number of ether oxygens (including phenoxy) is 1. The van der Waals surface area contributed by atoms with Crippen LogP contribution in [0.5, 0.6) is 5.75 Å². The molecular weight excluding hydrogens is 336 g/mol. The normalized spacial score (nSPS) is 11.9. The average molecular weight is 356 g/mol. The molecule has 0 aliphatic heterocycles. The van der Waals surface area contributed by atoms with Gasteiger partial charge >= 0.3 is 0 Å². The Bertz CT molecular complexity index is 828. The minimum absolute atomic E-state index is 0.0567. The predicted octanol–water partition coefficient (Wildman–Crippen LogP) is 3.59. The molecule has 2 aromatic heterocycles. The molecule has 3 aromatic rings. The van der Waals surface area contributed by atoms with Gasteiger partial charge in [0.05, 0.1) is 5.69 Å². The van der Waals surface area contributed by atoms with E-state index in [1.165, 1.54) is 11.3 Å². The molecule has 0 aliphatic rings. The third kappa shape index (κ3) is 4.67. The first-order valence-corrected chi connectivity index (χ1v) is 8.93. The number of aromatic nitrogens is 3. The zero-order valence-corrected chi connectivity index (χ0v) is 15.0. The molecular formula is C18H20N4O2S. The van der Waals surface area contributed by atoms with Crippen LogP contribution >= 0.6 is 11.3 Å². The number of amides is 1. The number of thiazole rings is 1. The van der Waals surface area contributed by atoms with Gasteiger partial charge in [-0.05, 0) is 31.5 Å². The highest BCUT2D eigenvalue weighted by Gasteiger charge is 2.13. The van der Waals surface area contributed by atoms with Gasteiger partial charge in [-0.3, -0.25) is 9.48 Å². The van der Waals surface area contributed by atoms with Crippen LogP contribution in [-0.2, 0) is 18.3 Å². The molecule has 25 heavy (non-hydrogen) atoms. The van der Waals surface area contributed by atoms with Crippen molar-refractivity contribution in [3.05, 3.63) is 59.4 Å². The van der Waals surface area contributed by atoms with Crippen LogP contribution in [0.4, 0.5) is 5.13 Å². The predicted molar refractivity (Wildman–Crippen MR) is 97.8 cm³/mol. The molecule has 1 unspecified atom stereocenters. The lowest BCUT2D eigenvalue weighted by atomic mass is 10.2. The maximum atomic E-state index is 12.1. The topological polar surface area (TPSA) is 69.0 Å². The monoisotopic (exact) mass is 356 g/mol. The number of benzene rings is 1. The molecule has 0 bridgehead atoms. The summed E-state index contributed by atoms with van der Waals surface area (Å²) in [5, 5.41) is 9.44. The molecule has 0 fully saturated rings. The number of para-hydroxylation sites is 1. The summed E-state index contributed by atoms with van der Waals surface area (Å²) >= 11 is 1.40. The minimum atomic E-state index is -0.182. The summed E-state index contributed by atoms with van der Waals surface area (Å²) in [6.07, 6.45) is 2.59. The number of rotatable bonds is 7. The van der Waals surface area contributed by atoms with Gasteiger partial charge in [-0.25, -0.2) is 4.98 Å². The number of anilines is 1. The first kappa shape index (κ1) is 17.2. The zero-order chi connectivity index (χ0) is 17.6. The van der Waals surface area contributed by atoms with Gasteiger partial charge < -0.3 is 10.1 Å². The van der Waals surface area contributed by atoms with Gasteiger partial charge in [0, 0.05) is 30.7 Å². The molecule has 3 rings (SSSR count). The highest BCUT2D eigenvalue weighted by atomic mass is 32.1. The molecule has 0 saturated heterocycles. The van der Waals surface area contributed by atoms with E-state index < -0.39 is 0 Å². The van der Waals surface area contributed by atoms with E-state index in [0.29, 0.717) is 18.0 Å². The van der Waals surface area contributed by atoms with E-state index >= 15 is 0 Å². The van der Waals surface area contributed by atoms with Crippen LogP contribution in [-0.4, -0.2) is 20.7 Å². The second-order valence-corrected chi connectivity index (χ2v) is 6.50. The van der Waals surface area contributed by atoms with Crippen LogP contribution in [0.2, 0.25) is 0 Å². The number of carbonyl (C=O) groups is 1. The number of hydrogen-bond donors (Lipinski definition) is 1. The summed E-state index contributed by atoms with van der Waals surface area (Å²) in [6.45, 7) is 1.94. The lowest BCUT2D eigenvalue weighted by Crippen LogP contribution is -2.13. The molecule has 1 amide bonds. The third-order valence-electron chi connectivity index (χ3n) is 3.77. The summed E-state index contributed by atoms with van der Waals surface area (Å²) < 4.78 is 7.63. The fourth-order valence-electron chi connectivity index (χ4n) is 2.36. The molecule has 0 radical (unpaired) electrons. The Morgan fingerprint density at radius 3 is 2.84 bits per heavy atom. The Kier molecular flexibility index (Phi) is 5.45. The molecule has 7 heteroatoms. The molecule has 6 nitrogen and oxygen atoms in total. The molecule has 1 N–H and O–H groups in total. The first-order valence-electron chi connectivity index (χ1n) is 8.05.